The summed E-state index contributed by atoms with van der Waals surface area (Å²) in [5, 5.41) is 12.5. The number of rotatable bonds is 2. The monoisotopic (exact) mass is 179 g/mol. The quantitative estimate of drug-likeness (QED) is 0.721. The van der Waals surface area contributed by atoms with Crippen LogP contribution in [0.1, 0.15) is 18.0 Å². The SMILES string of the molecule is COc1cc(O)ccc1[C@H]1CCN1. The van der Waals surface area contributed by atoms with E-state index in [1.54, 1.807) is 19.2 Å². The summed E-state index contributed by atoms with van der Waals surface area (Å²) >= 11 is 0. The van der Waals surface area contributed by atoms with Crippen LogP contribution in [-0.4, -0.2) is 18.8 Å². The van der Waals surface area contributed by atoms with Crippen molar-refractivity contribution in [3.05, 3.63) is 23.8 Å². The number of methoxy groups -OCH3 is 1. The molecule has 0 bridgehead atoms. The molecule has 2 rings (SSSR count). The number of ether oxygens (including phenoxy) is 1. The predicted octanol–water partition coefficient (Wildman–Crippen LogP) is 1.44. The molecule has 0 radical (unpaired) electrons. The molecule has 0 aromatic heterocycles. The summed E-state index contributed by atoms with van der Waals surface area (Å²) < 4.78 is 5.18. The van der Waals surface area contributed by atoms with Crippen LogP contribution in [0.4, 0.5) is 0 Å². The Balaban J connectivity index is 2.32. The molecule has 1 fully saturated rings. The minimum Gasteiger partial charge on any atom is -0.508 e. The molecular formula is C10H13NO2. The highest BCUT2D eigenvalue weighted by molar-refractivity contribution is 5.42. The van der Waals surface area contributed by atoms with E-state index in [2.05, 4.69) is 5.32 Å². The number of phenolic OH excluding ortho intramolecular Hbond substituents is 1. The van der Waals surface area contributed by atoms with Gasteiger partial charge in [0, 0.05) is 17.7 Å². The van der Waals surface area contributed by atoms with Gasteiger partial charge in [-0.3, -0.25) is 0 Å². The molecule has 0 saturated carbocycles. The third-order valence-corrected chi connectivity index (χ3v) is 2.42. The molecule has 1 aliphatic rings. The molecule has 1 aliphatic heterocycles. The summed E-state index contributed by atoms with van der Waals surface area (Å²) in [6.45, 7) is 1.06. The van der Waals surface area contributed by atoms with Gasteiger partial charge in [-0.25, -0.2) is 0 Å². The van der Waals surface area contributed by atoms with E-state index in [0.29, 0.717) is 6.04 Å². The van der Waals surface area contributed by atoms with Crippen molar-refractivity contribution in [3.63, 3.8) is 0 Å². The van der Waals surface area contributed by atoms with Crippen molar-refractivity contribution >= 4 is 0 Å². The van der Waals surface area contributed by atoms with E-state index in [9.17, 15) is 5.11 Å². The van der Waals surface area contributed by atoms with Gasteiger partial charge >= 0.3 is 0 Å². The van der Waals surface area contributed by atoms with Crippen LogP contribution in [0.2, 0.25) is 0 Å². The topological polar surface area (TPSA) is 41.5 Å². The van der Waals surface area contributed by atoms with Gasteiger partial charge < -0.3 is 15.2 Å². The molecule has 1 heterocycles. The number of benzene rings is 1. The molecule has 2 N–H and O–H groups in total. The normalized spacial score (nSPS) is 20.8. The highest BCUT2D eigenvalue weighted by Gasteiger charge is 2.21. The van der Waals surface area contributed by atoms with Gasteiger partial charge in [0.15, 0.2) is 0 Å². The minimum absolute atomic E-state index is 0.250. The second-order valence-electron chi connectivity index (χ2n) is 3.22. The molecule has 1 aromatic rings. The van der Waals surface area contributed by atoms with Gasteiger partial charge in [0.2, 0.25) is 0 Å². The fraction of sp³-hybridized carbons (Fsp3) is 0.400. The molecule has 13 heavy (non-hydrogen) atoms. The first-order chi connectivity index (χ1) is 6.31. The van der Waals surface area contributed by atoms with Crippen LogP contribution in [0.5, 0.6) is 11.5 Å². The lowest BCUT2D eigenvalue weighted by atomic mass is 9.97. The van der Waals surface area contributed by atoms with Gasteiger partial charge in [0.05, 0.1) is 7.11 Å². The van der Waals surface area contributed by atoms with Gasteiger partial charge in [0.1, 0.15) is 11.5 Å². The fourth-order valence-electron chi connectivity index (χ4n) is 1.54. The number of aromatic hydroxyl groups is 1. The number of hydrogen-bond donors (Lipinski definition) is 2. The van der Waals surface area contributed by atoms with Gasteiger partial charge in [-0.15, -0.1) is 0 Å². The van der Waals surface area contributed by atoms with Crippen LogP contribution < -0.4 is 10.1 Å². The van der Waals surface area contributed by atoms with E-state index >= 15 is 0 Å². The van der Waals surface area contributed by atoms with E-state index in [1.807, 2.05) is 6.07 Å². The Bertz CT molecular complexity index is 308. The van der Waals surface area contributed by atoms with Gasteiger partial charge in [-0.05, 0) is 19.0 Å². The van der Waals surface area contributed by atoms with Crippen LogP contribution in [0.3, 0.4) is 0 Å². The molecule has 0 spiro atoms. The molecule has 0 unspecified atom stereocenters. The van der Waals surface area contributed by atoms with E-state index in [1.165, 1.54) is 0 Å². The summed E-state index contributed by atoms with van der Waals surface area (Å²) in [6.07, 6.45) is 1.14. The highest BCUT2D eigenvalue weighted by atomic mass is 16.5. The first-order valence-corrected chi connectivity index (χ1v) is 4.41. The zero-order chi connectivity index (χ0) is 9.26. The maximum atomic E-state index is 9.24. The van der Waals surface area contributed by atoms with Gasteiger partial charge in [0.25, 0.3) is 0 Å². The Hall–Kier alpha value is -1.22. The molecule has 3 nitrogen and oxygen atoms in total. The maximum Gasteiger partial charge on any atom is 0.127 e. The Morgan fingerprint density at radius 3 is 2.85 bits per heavy atom. The average molecular weight is 179 g/mol. The molecule has 1 aromatic carbocycles. The summed E-state index contributed by atoms with van der Waals surface area (Å²) in [4.78, 5) is 0. The van der Waals surface area contributed by atoms with E-state index in [4.69, 9.17) is 4.74 Å². The molecule has 1 saturated heterocycles. The highest BCUT2D eigenvalue weighted by Crippen LogP contribution is 2.33. The zero-order valence-corrected chi connectivity index (χ0v) is 7.58. The fourth-order valence-corrected chi connectivity index (χ4v) is 1.54. The summed E-state index contributed by atoms with van der Waals surface area (Å²) in [5.74, 6) is 1.01. The molecule has 0 aliphatic carbocycles. The van der Waals surface area contributed by atoms with Crippen LogP contribution in [-0.2, 0) is 0 Å². The minimum atomic E-state index is 0.250. The average Bonchev–Trinajstić information content (AvgIpc) is 2.05. The van der Waals surface area contributed by atoms with Crippen LogP contribution in [0.25, 0.3) is 0 Å². The van der Waals surface area contributed by atoms with E-state index in [-0.39, 0.29) is 5.75 Å². The summed E-state index contributed by atoms with van der Waals surface area (Å²) in [5.41, 5.74) is 1.13. The summed E-state index contributed by atoms with van der Waals surface area (Å²) in [6, 6.07) is 5.65. The molecule has 0 amide bonds. The zero-order valence-electron chi connectivity index (χ0n) is 7.58. The largest absolute Gasteiger partial charge is 0.508 e. The van der Waals surface area contributed by atoms with Crippen molar-refractivity contribution in [3.8, 4) is 11.5 Å². The lowest BCUT2D eigenvalue weighted by Crippen LogP contribution is -2.35. The van der Waals surface area contributed by atoms with Crippen LogP contribution in [0.15, 0.2) is 18.2 Å². The first kappa shape index (κ1) is 8.38. The second-order valence-corrected chi connectivity index (χ2v) is 3.22. The smallest absolute Gasteiger partial charge is 0.127 e. The third-order valence-electron chi connectivity index (χ3n) is 2.42. The van der Waals surface area contributed by atoms with Crippen molar-refractivity contribution in [1.82, 2.24) is 5.32 Å². The molecule has 3 heteroatoms. The molecule has 70 valence electrons. The van der Waals surface area contributed by atoms with Crippen molar-refractivity contribution in [2.45, 2.75) is 12.5 Å². The standard InChI is InChI=1S/C10H13NO2/c1-13-10-6-7(12)2-3-8(10)9-4-5-11-9/h2-3,6,9,11-12H,4-5H2,1H3/t9-/m1/s1. The lowest BCUT2D eigenvalue weighted by molar-refractivity contribution is 0.351. The number of phenols is 1. The van der Waals surface area contributed by atoms with Crippen LogP contribution >= 0.6 is 0 Å². The van der Waals surface area contributed by atoms with E-state index < -0.39 is 0 Å². The Morgan fingerprint density at radius 2 is 2.31 bits per heavy atom. The van der Waals surface area contributed by atoms with Crippen molar-refractivity contribution in [2.75, 3.05) is 13.7 Å². The third kappa shape index (κ3) is 1.47. The number of hydrogen-bond acceptors (Lipinski definition) is 3. The van der Waals surface area contributed by atoms with Gasteiger partial charge in [-0.1, -0.05) is 6.07 Å². The molecular weight excluding hydrogens is 166 g/mol. The van der Waals surface area contributed by atoms with Crippen molar-refractivity contribution in [1.29, 1.82) is 0 Å². The number of nitrogens with one attached hydrogen (secondary N) is 1. The van der Waals surface area contributed by atoms with Gasteiger partial charge in [-0.2, -0.15) is 0 Å². The Kier molecular flexibility index (Phi) is 2.10. The van der Waals surface area contributed by atoms with E-state index in [0.717, 1.165) is 24.3 Å². The lowest BCUT2D eigenvalue weighted by Gasteiger charge is -2.29. The van der Waals surface area contributed by atoms with Crippen molar-refractivity contribution < 1.29 is 9.84 Å². The first-order valence-electron chi connectivity index (χ1n) is 4.41. The van der Waals surface area contributed by atoms with Crippen LogP contribution in [0, 0.1) is 0 Å². The Morgan fingerprint density at radius 1 is 1.54 bits per heavy atom. The van der Waals surface area contributed by atoms with Crippen molar-refractivity contribution in [2.24, 2.45) is 0 Å². The predicted molar refractivity (Wildman–Crippen MR) is 50.0 cm³/mol. The second kappa shape index (κ2) is 3.26. The maximum absolute atomic E-state index is 9.24. The molecule has 1 atom stereocenters. The summed E-state index contributed by atoms with van der Waals surface area (Å²) in [7, 11) is 1.62. The Labute approximate surface area is 77.3 Å².